The third-order valence-corrected chi connectivity index (χ3v) is 8.64. The Balaban J connectivity index is 1.60. The number of methoxy groups -OCH3 is 1. The highest BCUT2D eigenvalue weighted by Gasteiger charge is 2.34. The van der Waals surface area contributed by atoms with Crippen molar-refractivity contribution < 1.29 is 37.9 Å². The Labute approximate surface area is 279 Å². The van der Waals surface area contributed by atoms with Crippen molar-refractivity contribution in [3.8, 4) is 22.8 Å². The first-order valence-corrected chi connectivity index (χ1v) is 15.9. The van der Waals surface area contributed by atoms with Gasteiger partial charge in [-0.05, 0) is 72.6 Å². The number of allylic oxidation sites excluding steroid dienone is 1. The number of hydrogen-bond donors (Lipinski definition) is 0. The molecule has 0 spiro atoms. The van der Waals surface area contributed by atoms with Gasteiger partial charge in [0.25, 0.3) is 11.2 Å². The fraction of sp³-hybridized carbons (Fsp3) is 0.250. The third kappa shape index (κ3) is 6.90. The van der Waals surface area contributed by atoms with Crippen molar-refractivity contribution >= 4 is 51.0 Å². The lowest BCUT2D eigenvalue weighted by Crippen LogP contribution is -2.40. The lowest BCUT2D eigenvalue weighted by molar-refractivity contribution is -0.384. The van der Waals surface area contributed by atoms with E-state index in [-0.39, 0.29) is 36.8 Å². The molecule has 244 valence electrons. The zero-order valence-electron chi connectivity index (χ0n) is 25.6. The number of hydrogen-bond acceptors (Lipinski definition) is 12. The van der Waals surface area contributed by atoms with Crippen molar-refractivity contribution in [3.63, 3.8) is 0 Å². The first-order valence-electron chi connectivity index (χ1n) is 14.3. The molecule has 2 aromatic carbocycles. The maximum absolute atomic E-state index is 14.0. The molecule has 4 aromatic rings. The van der Waals surface area contributed by atoms with E-state index in [1.54, 1.807) is 63.2 Å². The number of furan rings is 1. The Kier molecular flexibility index (Phi) is 10.1. The maximum Gasteiger partial charge on any atom is 0.343 e. The molecule has 1 aliphatic heterocycles. The van der Waals surface area contributed by atoms with Crippen LogP contribution in [0.3, 0.4) is 0 Å². The topological polar surface area (TPSA) is 162 Å². The van der Waals surface area contributed by atoms with Gasteiger partial charge in [-0.3, -0.25) is 19.5 Å². The molecule has 0 aliphatic carbocycles. The highest BCUT2D eigenvalue weighted by molar-refractivity contribution is 9.10. The molecule has 0 radical (unpaired) electrons. The highest BCUT2D eigenvalue weighted by atomic mass is 79.9. The van der Waals surface area contributed by atoms with Gasteiger partial charge in [0.15, 0.2) is 22.9 Å². The number of nitro benzene ring substituents is 1. The van der Waals surface area contributed by atoms with Crippen LogP contribution in [0.15, 0.2) is 78.5 Å². The summed E-state index contributed by atoms with van der Waals surface area (Å²) in [6, 6.07) is 11.7. The largest absolute Gasteiger partial charge is 0.490 e. The summed E-state index contributed by atoms with van der Waals surface area (Å²) in [4.78, 5) is 54.6. The lowest BCUT2D eigenvalue weighted by Gasteiger charge is -2.25. The average Bonchev–Trinajstić information content (AvgIpc) is 3.63. The molecule has 3 heterocycles. The monoisotopic (exact) mass is 725 g/mol. The third-order valence-electron chi connectivity index (χ3n) is 7.00. The van der Waals surface area contributed by atoms with Crippen molar-refractivity contribution in [2.24, 2.45) is 4.99 Å². The van der Waals surface area contributed by atoms with Gasteiger partial charge in [-0.25, -0.2) is 14.6 Å². The number of nitro groups is 1. The van der Waals surface area contributed by atoms with Crippen molar-refractivity contribution in [2.45, 2.75) is 26.8 Å². The van der Waals surface area contributed by atoms with Gasteiger partial charge < -0.3 is 23.4 Å². The normalized spacial score (nSPS) is 14.3. The first-order chi connectivity index (χ1) is 22.6. The Hall–Kier alpha value is -5.02. The number of thiazole rings is 1. The van der Waals surface area contributed by atoms with Crippen LogP contribution in [-0.4, -0.2) is 48.4 Å². The number of fused-ring (bicyclic) bond motifs is 1. The van der Waals surface area contributed by atoms with E-state index in [0.717, 1.165) is 11.3 Å². The van der Waals surface area contributed by atoms with E-state index in [1.807, 2.05) is 0 Å². The number of carbonyl (C=O) groups excluding carboxylic acids is 2. The summed E-state index contributed by atoms with van der Waals surface area (Å²) in [5.41, 5.74) is 1.18. The highest BCUT2D eigenvalue weighted by Crippen LogP contribution is 2.37. The van der Waals surface area contributed by atoms with Crippen LogP contribution in [0.25, 0.3) is 17.4 Å². The number of esters is 2. The molecule has 0 fully saturated rings. The number of aromatic nitrogens is 1. The second kappa shape index (κ2) is 14.2. The Morgan fingerprint density at radius 1 is 1.11 bits per heavy atom. The van der Waals surface area contributed by atoms with Gasteiger partial charge in [-0.1, -0.05) is 17.4 Å². The molecule has 5 rings (SSSR count). The Morgan fingerprint density at radius 3 is 2.57 bits per heavy atom. The minimum absolute atomic E-state index is 0.0720. The van der Waals surface area contributed by atoms with E-state index in [1.165, 1.54) is 23.8 Å². The summed E-state index contributed by atoms with van der Waals surface area (Å²) < 4.78 is 29.6. The number of nitrogens with zero attached hydrogens (tertiary/aromatic N) is 3. The van der Waals surface area contributed by atoms with Crippen molar-refractivity contribution in [1.29, 1.82) is 0 Å². The van der Waals surface area contributed by atoms with Crippen molar-refractivity contribution in [3.05, 3.63) is 105 Å². The van der Waals surface area contributed by atoms with Crippen LogP contribution in [0.4, 0.5) is 5.69 Å². The molecule has 0 unspecified atom stereocenters. The minimum atomic E-state index is -0.926. The molecule has 13 nitrogen and oxygen atoms in total. The van der Waals surface area contributed by atoms with Crippen LogP contribution >= 0.6 is 27.3 Å². The molecule has 1 aliphatic rings. The summed E-state index contributed by atoms with van der Waals surface area (Å²) >= 11 is 4.48. The molecular formula is C32H28BrN3O10S. The van der Waals surface area contributed by atoms with Gasteiger partial charge in [-0.15, -0.1) is 0 Å². The van der Waals surface area contributed by atoms with E-state index in [2.05, 4.69) is 25.7 Å². The van der Waals surface area contributed by atoms with E-state index < -0.39 is 28.5 Å². The molecule has 2 aromatic heterocycles. The van der Waals surface area contributed by atoms with Gasteiger partial charge in [0, 0.05) is 28.2 Å². The fourth-order valence-corrected chi connectivity index (χ4v) is 6.50. The zero-order chi connectivity index (χ0) is 33.8. The molecule has 0 N–H and O–H groups in total. The van der Waals surface area contributed by atoms with Gasteiger partial charge >= 0.3 is 11.9 Å². The molecular weight excluding hydrogens is 698 g/mol. The van der Waals surface area contributed by atoms with E-state index >= 15 is 0 Å². The van der Waals surface area contributed by atoms with E-state index in [4.69, 9.17) is 18.6 Å². The van der Waals surface area contributed by atoms with Gasteiger partial charge in [0.1, 0.15) is 11.5 Å². The molecule has 47 heavy (non-hydrogen) atoms. The molecule has 1 atom stereocenters. The summed E-state index contributed by atoms with van der Waals surface area (Å²) in [5.74, 6) is 0.174. The second-order valence-electron chi connectivity index (χ2n) is 9.93. The van der Waals surface area contributed by atoms with Gasteiger partial charge in [0.2, 0.25) is 0 Å². The number of benzene rings is 2. The molecule has 15 heteroatoms. The van der Waals surface area contributed by atoms with Crippen LogP contribution in [0.2, 0.25) is 0 Å². The smallest absolute Gasteiger partial charge is 0.343 e. The molecule has 0 bridgehead atoms. The van der Waals surface area contributed by atoms with Crippen LogP contribution < -0.4 is 24.4 Å². The van der Waals surface area contributed by atoms with E-state index in [0.29, 0.717) is 47.9 Å². The number of rotatable bonds is 11. The van der Waals surface area contributed by atoms with E-state index in [9.17, 15) is 24.5 Å². The number of halogens is 1. The van der Waals surface area contributed by atoms with Crippen LogP contribution in [0, 0.1) is 10.1 Å². The van der Waals surface area contributed by atoms with Crippen LogP contribution in [0.1, 0.15) is 38.1 Å². The summed E-state index contributed by atoms with van der Waals surface area (Å²) in [5, 5.41) is 11.1. The standard InChI is InChI=1S/C32H28BrN3O10S/c1-5-43-25-13-18(7-11-24(25)45-16-27(37)42-4)29-28(31(39)44-6-2)17(3)34-32-35(29)30(38)26(47-32)15-20-9-12-23(46-20)21-10-8-19(36(40)41)14-22(21)33/h7-15,29H,5-6,16H2,1-4H3/b26-15+/t29-/m1/s1. The second-order valence-corrected chi connectivity index (χ2v) is 11.8. The molecule has 0 amide bonds. The molecule has 0 saturated carbocycles. The maximum atomic E-state index is 14.0. The predicted octanol–water partition coefficient (Wildman–Crippen LogP) is 4.68. The minimum Gasteiger partial charge on any atom is -0.490 e. The average molecular weight is 727 g/mol. The quantitative estimate of drug-likeness (QED) is 0.121. The summed E-state index contributed by atoms with van der Waals surface area (Å²) in [6.07, 6.45) is 1.57. The fourth-order valence-electron chi connectivity index (χ4n) is 4.91. The number of ether oxygens (including phenoxy) is 4. The Morgan fingerprint density at radius 2 is 1.89 bits per heavy atom. The lowest BCUT2D eigenvalue weighted by atomic mass is 9.95. The van der Waals surface area contributed by atoms with Crippen molar-refractivity contribution in [2.75, 3.05) is 26.9 Å². The van der Waals surface area contributed by atoms with Crippen LogP contribution in [-0.2, 0) is 19.1 Å². The SMILES string of the molecule is CCOC(=O)C1=C(C)N=c2s/c(=C/c3ccc(-c4ccc([N+](=O)[O-])cc4Br)o3)c(=O)n2[C@@H]1c1ccc(OCC(=O)OC)c(OCC)c1. The molecule has 0 saturated heterocycles. The predicted molar refractivity (Wildman–Crippen MR) is 174 cm³/mol. The number of non-ortho nitro benzene ring substituents is 1. The van der Waals surface area contributed by atoms with Gasteiger partial charge in [0.05, 0.1) is 47.1 Å². The van der Waals surface area contributed by atoms with Crippen molar-refractivity contribution in [1.82, 2.24) is 4.57 Å². The Bertz CT molecular complexity index is 2100. The first kappa shape index (κ1) is 33.3. The van der Waals surface area contributed by atoms with Gasteiger partial charge in [-0.2, -0.15) is 0 Å². The number of carbonyl (C=O) groups is 2. The van der Waals surface area contributed by atoms with Crippen LogP contribution in [0.5, 0.6) is 11.5 Å². The zero-order valence-corrected chi connectivity index (χ0v) is 28.0. The summed E-state index contributed by atoms with van der Waals surface area (Å²) in [6.45, 7) is 5.20. The summed E-state index contributed by atoms with van der Waals surface area (Å²) in [7, 11) is 1.25.